The fraction of sp³-hybridized carbons (Fsp3) is 0. The molecule has 0 unspecified atom stereocenters. The van der Waals surface area contributed by atoms with E-state index in [4.69, 9.17) is 16.7 Å². The molecule has 76 valence electrons. The van der Waals surface area contributed by atoms with Crippen LogP contribution in [0.5, 0.6) is 0 Å². The molecule has 2 heterocycles. The Kier molecular flexibility index (Phi) is 2.43. The van der Waals surface area contributed by atoms with Gasteiger partial charge in [0.1, 0.15) is 10.7 Å². The van der Waals surface area contributed by atoms with E-state index < -0.39 is 5.97 Å². The molecule has 0 bridgehead atoms. The fourth-order valence-electron chi connectivity index (χ4n) is 1.36. The molecule has 15 heavy (non-hydrogen) atoms. The lowest BCUT2D eigenvalue weighted by molar-refractivity contribution is 0.0697. The van der Waals surface area contributed by atoms with Gasteiger partial charge >= 0.3 is 5.97 Å². The molecule has 0 aliphatic rings. The number of carbonyl (C=O) groups is 1. The van der Waals surface area contributed by atoms with E-state index in [9.17, 15) is 4.79 Å². The van der Waals surface area contributed by atoms with Crippen molar-refractivity contribution in [3.63, 3.8) is 0 Å². The van der Waals surface area contributed by atoms with Crippen molar-refractivity contribution >= 4 is 17.6 Å². The van der Waals surface area contributed by atoms with Gasteiger partial charge in [-0.15, -0.1) is 0 Å². The number of rotatable bonds is 2. The van der Waals surface area contributed by atoms with E-state index in [-0.39, 0.29) is 10.7 Å². The number of aromatic carboxylic acids is 1. The number of nitrogens with zero attached hydrogens (tertiary/aromatic N) is 1. The zero-order chi connectivity index (χ0) is 10.8. The number of carboxylic acids is 1. The Morgan fingerprint density at radius 3 is 2.87 bits per heavy atom. The molecular formula is C10H7ClN2O2. The summed E-state index contributed by atoms with van der Waals surface area (Å²) in [6, 6.07) is 5.18. The lowest BCUT2D eigenvalue weighted by atomic mass is 10.1. The van der Waals surface area contributed by atoms with Crippen LogP contribution in [0, 0.1) is 0 Å². The Morgan fingerprint density at radius 1 is 1.47 bits per heavy atom. The van der Waals surface area contributed by atoms with Crippen molar-refractivity contribution < 1.29 is 9.90 Å². The smallest absolute Gasteiger partial charge is 0.339 e. The maximum atomic E-state index is 11.0. The number of carboxylic acid groups (broad SMARTS) is 1. The minimum Gasteiger partial charge on any atom is -0.478 e. The van der Waals surface area contributed by atoms with E-state index in [0.29, 0.717) is 11.3 Å². The van der Waals surface area contributed by atoms with E-state index in [1.807, 2.05) is 0 Å². The molecule has 0 saturated carbocycles. The molecule has 2 aromatic heterocycles. The largest absolute Gasteiger partial charge is 0.478 e. The van der Waals surface area contributed by atoms with Crippen LogP contribution in [0.25, 0.3) is 11.3 Å². The van der Waals surface area contributed by atoms with Crippen molar-refractivity contribution in [1.82, 2.24) is 9.97 Å². The van der Waals surface area contributed by atoms with Gasteiger partial charge in [-0.05, 0) is 18.2 Å². The van der Waals surface area contributed by atoms with Crippen LogP contribution in [0.1, 0.15) is 10.4 Å². The molecule has 4 nitrogen and oxygen atoms in total. The standard InChI is InChI=1S/C10H7ClN2O2/c11-9-8(10(14)15)6(3-5-13-9)7-2-1-4-12-7/h1-5,12H,(H,14,15). The van der Waals surface area contributed by atoms with E-state index in [2.05, 4.69) is 9.97 Å². The molecule has 2 rings (SSSR count). The predicted molar refractivity (Wildman–Crippen MR) is 56.0 cm³/mol. The Balaban J connectivity index is 2.66. The van der Waals surface area contributed by atoms with Gasteiger partial charge in [0.25, 0.3) is 0 Å². The zero-order valence-electron chi connectivity index (χ0n) is 7.57. The molecule has 0 aliphatic heterocycles. The number of hydrogen-bond donors (Lipinski definition) is 2. The van der Waals surface area contributed by atoms with E-state index >= 15 is 0 Å². The van der Waals surface area contributed by atoms with Gasteiger partial charge in [0.15, 0.2) is 0 Å². The monoisotopic (exact) mass is 222 g/mol. The van der Waals surface area contributed by atoms with E-state index in [1.54, 1.807) is 24.4 Å². The number of nitrogens with one attached hydrogen (secondary N) is 1. The predicted octanol–water partition coefficient (Wildman–Crippen LogP) is 2.43. The van der Waals surface area contributed by atoms with Crippen molar-refractivity contribution in [3.05, 3.63) is 41.3 Å². The zero-order valence-corrected chi connectivity index (χ0v) is 8.32. The second-order valence-electron chi connectivity index (χ2n) is 2.91. The quantitative estimate of drug-likeness (QED) is 0.767. The third-order valence-electron chi connectivity index (χ3n) is 2.01. The van der Waals surface area contributed by atoms with Crippen molar-refractivity contribution in [2.45, 2.75) is 0 Å². The van der Waals surface area contributed by atoms with Crippen LogP contribution in [-0.2, 0) is 0 Å². The van der Waals surface area contributed by atoms with Gasteiger partial charge < -0.3 is 10.1 Å². The van der Waals surface area contributed by atoms with Gasteiger partial charge in [-0.1, -0.05) is 11.6 Å². The summed E-state index contributed by atoms with van der Waals surface area (Å²) in [5.41, 5.74) is 1.26. The summed E-state index contributed by atoms with van der Waals surface area (Å²) in [5.74, 6) is -1.09. The van der Waals surface area contributed by atoms with Gasteiger partial charge in [-0.3, -0.25) is 0 Å². The topological polar surface area (TPSA) is 66.0 Å². The van der Waals surface area contributed by atoms with Crippen LogP contribution in [0.3, 0.4) is 0 Å². The number of aromatic nitrogens is 2. The fourth-order valence-corrected chi connectivity index (χ4v) is 1.60. The summed E-state index contributed by atoms with van der Waals surface area (Å²) in [4.78, 5) is 17.7. The lowest BCUT2D eigenvalue weighted by Gasteiger charge is -2.04. The Morgan fingerprint density at radius 2 is 2.27 bits per heavy atom. The third kappa shape index (κ3) is 1.71. The van der Waals surface area contributed by atoms with Crippen LogP contribution < -0.4 is 0 Å². The molecule has 5 heteroatoms. The summed E-state index contributed by atoms with van der Waals surface area (Å²) in [7, 11) is 0. The first-order chi connectivity index (χ1) is 7.20. The van der Waals surface area contributed by atoms with Gasteiger partial charge in [0.05, 0.1) is 0 Å². The highest BCUT2D eigenvalue weighted by Crippen LogP contribution is 2.26. The average Bonchev–Trinajstić information content (AvgIpc) is 2.69. The van der Waals surface area contributed by atoms with E-state index in [0.717, 1.165) is 0 Å². The van der Waals surface area contributed by atoms with Gasteiger partial charge in [-0.25, -0.2) is 9.78 Å². The molecule has 0 aromatic carbocycles. The molecule has 0 aliphatic carbocycles. The number of aromatic amines is 1. The van der Waals surface area contributed by atoms with Crippen molar-refractivity contribution in [2.24, 2.45) is 0 Å². The third-order valence-corrected chi connectivity index (χ3v) is 2.29. The highest BCUT2D eigenvalue weighted by Gasteiger charge is 2.16. The molecule has 2 N–H and O–H groups in total. The van der Waals surface area contributed by atoms with E-state index in [1.165, 1.54) is 6.20 Å². The Hall–Kier alpha value is -1.81. The maximum Gasteiger partial charge on any atom is 0.339 e. The second-order valence-corrected chi connectivity index (χ2v) is 3.27. The summed E-state index contributed by atoms with van der Waals surface area (Å²) in [5, 5.41) is 9.00. The summed E-state index contributed by atoms with van der Waals surface area (Å²) < 4.78 is 0. The number of halogens is 1. The average molecular weight is 223 g/mol. The van der Waals surface area contributed by atoms with Gasteiger partial charge in [0.2, 0.25) is 0 Å². The highest BCUT2D eigenvalue weighted by atomic mass is 35.5. The van der Waals surface area contributed by atoms with Crippen molar-refractivity contribution in [2.75, 3.05) is 0 Å². The van der Waals surface area contributed by atoms with Crippen LogP contribution in [0.15, 0.2) is 30.6 Å². The van der Waals surface area contributed by atoms with Crippen molar-refractivity contribution in [1.29, 1.82) is 0 Å². The van der Waals surface area contributed by atoms with Crippen LogP contribution in [0.4, 0.5) is 0 Å². The molecule has 0 spiro atoms. The normalized spacial score (nSPS) is 10.2. The Labute approximate surface area is 90.5 Å². The van der Waals surface area contributed by atoms with Crippen LogP contribution >= 0.6 is 11.6 Å². The van der Waals surface area contributed by atoms with Crippen LogP contribution in [0.2, 0.25) is 5.15 Å². The first kappa shape index (κ1) is 9.73. The number of hydrogen-bond acceptors (Lipinski definition) is 2. The van der Waals surface area contributed by atoms with Gasteiger partial charge in [0, 0.05) is 23.7 Å². The minimum absolute atomic E-state index is 0.00500. The number of H-pyrrole nitrogens is 1. The molecule has 0 fully saturated rings. The molecule has 2 aromatic rings. The van der Waals surface area contributed by atoms with Gasteiger partial charge in [-0.2, -0.15) is 0 Å². The van der Waals surface area contributed by atoms with Crippen LogP contribution in [-0.4, -0.2) is 21.0 Å². The SMILES string of the molecule is O=C(O)c1c(-c2ccc[nH]2)ccnc1Cl. The Bertz CT molecular complexity index is 494. The molecule has 0 radical (unpaired) electrons. The number of pyridine rings is 1. The first-order valence-corrected chi connectivity index (χ1v) is 4.59. The lowest BCUT2D eigenvalue weighted by Crippen LogP contribution is -2.02. The summed E-state index contributed by atoms with van der Waals surface area (Å²) in [6.45, 7) is 0. The maximum absolute atomic E-state index is 11.0. The highest BCUT2D eigenvalue weighted by molar-refractivity contribution is 6.33. The molecule has 0 atom stereocenters. The molecule has 0 saturated heterocycles. The minimum atomic E-state index is -1.09. The second kappa shape index (κ2) is 3.74. The summed E-state index contributed by atoms with van der Waals surface area (Å²) in [6.07, 6.45) is 3.19. The molecular weight excluding hydrogens is 216 g/mol. The van der Waals surface area contributed by atoms with Crippen molar-refractivity contribution in [3.8, 4) is 11.3 Å². The summed E-state index contributed by atoms with van der Waals surface area (Å²) >= 11 is 5.74. The first-order valence-electron chi connectivity index (χ1n) is 4.21. The molecule has 0 amide bonds.